The van der Waals surface area contributed by atoms with Gasteiger partial charge in [0.15, 0.2) is 0 Å². The van der Waals surface area contributed by atoms with Gasteiger partial charge in [0, 0.05) is 0 Å². The maximum atomic E-state index is 12.9. The topological polar surface area (TPSA) is 96.6 Å². The standard InChI is InChI=1S/C26H18Cl2N2O6/c27-19-5-1-3-7-21(19)35-11-9-29-23(31)15-13-17-18(14-16(15)24(29)32)26(34)30(25(17)33)10-12-36-22-8-4-2-6-20(22)28/h1-8,13-14H,9-12H2. The number of hydrogen-bond donors (Lipinski definition) is 0. The first-order valence-corrected chi connectivity index (χ1v) is 11.8. The van der Waals surface area contributed by atoms with Gasteiger partial charge in [-0.3, -0.25) is 28.3 Å². The molecule has 0 aliphatic heterocycles. The van der Waals surface area contributed by atoms with Crippen molar-refractivity contribution >= 4 is 44.7 Å². The summed E-state index contributed by atoms with van der Waals surface area (Å²) in [7, 11) is 0. The van der Waals surface area contributed by atoms with Gasteiger partial charge in [-0.15, -0.1) is 0 Å². The fourth-order valence-corrected chi connectivity index (χ4v) is 4.48. The third-order valence-electron chi connectivity index (χ3n) is 5.88. The Kier molecular flexibility index (Phi) is 6.38. The summed E-state index contributed by atoms with van der Waals surface area (Å²) in [5.41, 5.74) is -2.22. The second kappa shape index (κ2) is 9.64. The van der Waals surface area contributed by atoms with E-state index in [-0.39, 0.29) is 47.8 Å². The molecule has 2 heterocycles. The van der Waals surface area contributed by atoms with Crippen LogP contribution in [0.4, 0.5) is 0 Å². The molecule has 0 aliphatic rings. The van der Waals surface area contributed by atoms with Gasteiger partial charge in [0.2, 0.25) is 0 Å². The van der Waals surface area contributed by atoms with Gasteiger partial charge >= 0.3 is 0 Å². The highest BCUT2D eigenvalue weighted by Gasteiger charge is 2.19. The largest absolute Gasteiger partial charge is 0.490 e. The summed E-state index contributed by atoms with van der Waals surface area (Å²) in [4.78, 5) is 51.7. The molecule has 0 saturated carbocycles. The fourth-order valence-electron chi connectivity index (χ4n) is 4.10. The lowest BCUT2D eigenvalue weighted by Crippen LogP contribution is -2.28. The zero-order valence-corrected chi connectivity index (χ0v) is 20.2. The van der Waals surface area contributed by atoms with Crippen molar-refractivity contribution in [2.45, 2.75) is 13.1 Å². The molecule has 0 spiro atoms. The van der Waals surface area contributed by atoms with Crippen LogP contribution in [-0.4, -0.2) is 22.3 Å². The SMILES string of the molecule is O=c1c2cc3c(=O)n(CCOc4ccccc4Cl)c(=O)c3cc2c(=O)n1CCOc1ccccc1Cl. The molecular weight excluding hydrogens is 507 g/mol. The normalized spacial score (nSPS) is 11.4. The molecule has 5 aromatic rings. The van der Waals surface area contributed by atoms with Gasteiger partial charge < -0.3 is 9.47 Å². The minimum Gasteiger partial charge on any atom is -0.490 e. The van der Waals surface area contributed by atoms with Gasteiger partial charge in [0.05, 0.1) is 44.7 Å². The van der Waals surface area contributed by atoms with Crippen LogP contribution in [0.15, 0.2) is 79.8 Å². The fraction of sp³-hybridized carbons (Fsp3) is 0.154. The van der Waals surface area contributed by atoms with Crippen molar-refractivity contribution in [2.75, 3.05) is 13.2 Å². The van der Waals surface area contributed by atoms with Crippen LogP contribution in [0.3, 0.4) is 0 Å². The number of para-hydroxylation sites is 2. The highest BCUT2D eigenvalue weighted by Crippen LogP contribution is 2.24. The Morgan fingerprint density at radius 2 is 0.889 bits per heavy atom. The number of benzene rings is 3. The third kappa shape index (κ3) is 4.19. The quantitative estimate of drug-likeness (QED) is 0.308. The van der Waals surface area contributed by atoms with Gasteiger partial charge in [-0.05, 0) is 36.4 Å². The summed E-state index contributed by atoms with van der Waals surface area (Å²) in [6.07, 6.45) is 0. The smallest absolute Gasteiger partial charge is 0.261 e. The van der Waals surface area contributed by atoms with E-state index in [9.17, 15) is 19.2 Å². The Morgan fingerprint density at radius 1 is 0.556 bits per heavy atom. The molecule has 0 amide bonds. The highest BCUT2D eigenvalue weighted by molar-refractivity contribution is 6.32. The van der Waals surface area contributed by atoms with Gasteiger partial charge in [0.1, 0.15) is 24.7 Å². The average Bonchev–Trinajstić information content (AvgIpc) is 3.25. The number of fused-ring (bicyclic) bond motifs is 2. The van der Waals surface area contributed by atoms with Crippen molar-refractivity contribution in [3.8, 4) is 11.5 Å². The molecule has 3 aromatic carbocycles. The van der Waals surface area contributed by atoms with Gasteiger partial charge in [-0.25, -0.2) is 0 Å². The summed E-state index contributed by atoms with van der Waals surface area (Å²) in [5, 5.41) is 1.13. The maximum absolute atomic E-state index is 12.9. The van der Waals surface area contributed by atoms with Crippen LogP contribution in [-0.2, 0) is 13.1 Å². The molecule has 2 aromatic heterocycles. The summed E-state index contributed by atoms with van der Waals surface area (Å²) in [6.45, 7) is 0.0310. The Balaban J connectivity index is 1.42. The molecule has 182 valence electrons. The molecule has 0 saturated heterocycles. The number of hydrogen-bond acceptors (Lipinski definition) is 6. The van der Waals surface area contributed by atoms with Crippen molar-refractivity contribution in [3.63, 3.8) is 0 Å². The molecule has 0 aliphatic carbocycles. The number of halogens is 2. The van der Waals surface area contributed by atoms with Crippen LogP contribution in [0.25, 0.3) is 21.5 Å². The Bertz CT molecular complexity index is 1610. The first-order chi connectivity index (χ1) is 17.4. The lowest BCUT2D eigenvalue weighted by Gasteiger charge is -2.07. The highest BCUT2D eigenvalue weighted by atomic mass is 35.5. The van der Waals surface area contributed by atoms with Crippen LogP contribution in [0.5, 0.6) is 11.5 Å². The van der Waals surface area contributed by atoms with Crippen molar-refractivity contribution < 1.29 is 9.47 Å². The Labute approximate surface area is 213 Å². The molecule has 0 atom stereocenters. The number of ether oxygens (including phenoxy) is 2. The van der Waals surface area contributed by atoms with E-state index in [0.717, 1.165) is 9.13 Å². The molecule has 0 N–H and O–H groups in total. The molecule has 36 heavy (non-hydrogen) atoms. The van der Waals surface area contributed by atoms with Crippen molar-refractivity contribution in [1.82, 2.24) is 9.13 Å². The lowest BCUT2D eigenvalue weighted by atomic mass is 10.1. The van der Waals surface area contributed by atoms with Gasteiger partial charge in [0.25, 0.3) is 22.2 Å². The van der Waals surface area contributed by atoms with Crippen molar-refractivity contribution in [2.24, 2.45) is 0 Å². The Morgan fingerprint density at radius 3 is 1.22 bits per heavy atom. The summed E-state index contributed by atoms with van der Waals surface area (Å²) in [6, 6.07) is 16.3. The monoisotopic (exact) mass is 524 g/mol. The second-order valence-electron chi connectivity index (χ2n) is 8.03. The maximum Gasteiger partial charge on any atom is 0.261 e. The van der Waals surface area contributed by atoms with Crippen LogP contribution >= 0.6 is 23.2 Å². The summed E-state index contributed by atoms with van der Waals surface area (Å²) < 4.78 is 13.2. The van der Waals surface area contributed by atoms with Crippen molar-refractivity contribution in [3.05, 3.63) is 112 Å². The minimum atomic E-state index is -0.554. The lowest BCUT2D eigenvalue weighted by molar-refractivity contribution is 0.296. The van der Waals surface area contributed by atoms with Crippen LogP contribution < -0.4 is 31.7 Å². The van der Waals surface area contributed by atoms with E-state index in [0.29, 0.717) is 21.5 Å². The molecule has 0 bridgehead atoms. The third-order valence-corrected chi connectivity index (χ3v) is 6.50. The molecule has 8 nitrogen and oxygen atoms in total. The minimum absolute atomic E-state index is 0.0182. The predicted octanol–water partition coefficient (Wildman–Crippen LogP) is 3.38. The second-order valence-corrected chi connectivity index (χ2v) is 8.84. The average molecular weight is 525 g/mol. The number of rotatable bonds is 8. The van der Waals surface area contributed by atoms with Gasteiger partial charge in [-0.2, -0.15) is 0 Å². The molecule has 5 rings (SSSR count). The molecule has 0 unspecified atom stereocenters. The van der Waals surface area contributed by atoms with E-state index in [4.69, 9.17) is 32.7 Å². The van der Waals surface area contributed by atoms with E-state index < -0.39 is 22.2 Å². The zero-order chi connectivity index (χ0) is 25.4. The van der Waals surface area contributed by atoms with E-state index in [1.54, 1.807) is 48.5 Å². The van der Waals surface area contributed by atoms with Crippen LogP contribution in [0.2, 0.25) is 10.0 Å². The van der Waals surface area contributed by atoms with E-state index in [1.807, 2.05) is 0 Å². The number of nitrogens with zero attached hydrogens (tertiary/aromatic N) is 2. The first-order valence-electron chi connectivity index (χ1n) is 11.0. The molecule has 10 heteroatoms. The molecule has 0 fully saturated rings. The molecular formula is C26H18Cl2N2O6. The van der Waals surface area contributed by atoms with E-state index in [1.165, 1.54) is 12.1 Å². The van der Waals surface area contributed by atoms with Crippen LogP contribution in [0, 0.1) is 0 Å². The summed E-state index contributed by atoms with van der Waals surface area (Å²) in [5.74, 6) is 0.870. The van der Waals surface area contributed by atoms with E-state index in [2.05, 4.69) is 0 Å². The van der Waals surface area contributed by atoms with E-state index >= 15 is 0 Å². The van der Waals surface area contributed by atoms with Gasteiger partial charge in [-0.1, -0.05) is 47.5 Å². The predicted molar refractivity (Wildman–Crippen MR) is 139 cm³/mol. The van der Waals surface area contributed by atoms with Crippen LogP contribution in [0.1, 0.15) is 0 Å². The molecule has 0 radical (unpaired) electrons. The number of aromatic nitrogens is 2. The summed E-state index contributed by atoms with van der Waals surface area (Å²) >= 11 is 12.1. The first kappa shape index (κ1) is 23.8. The Hall–Kier alpha value is -3.88. The zero-order valence-electron chi connectivity index (χ0n) is 18.7. The van der Waals surface area contributed by atoms with Crippen molar-refractivity contribution in [1.29, 1.82) is 0 Å².